The van der Waals surface area contributed by atoms with Crippen LogP contribution < -0.4 is 4.72 Å². The highest BCUT2D eigenvalue weighted by molar-refractivity contribution is 7.88. The van der Waals surface area contributed by atoms with Gasteiger partial charge in [0.05, 0.1) is 17.6 Å². The van der Waals surface area contributed by atoms with E-state index in [9.17, 15) is 17.6 Å². The lowest BCUT2D eigenvalue weighted by Gasteiger charge is -2.30. The van der Waals surface area contributed by atoms with Gasteiger partial charge in [0.1, 0.15) is 11.5 Å². The van der Waals surface area contributed by atoms with E-state index in [-0.39, 0.29) is 18.3 Å². The van der Waals surface area contributed by atoms with Crippen LogP contribution in [0.4, 0.5) is 4.39 Å². The van der Waals surface area contributed by atoms with Gasteiger partial charge in [-0.15, -0.1) is 5.10 Å². The van der Waals surface area contributed by atoms with Crippen molar-refractivity contribution >= 4 is 15.9 Å². The predicted molar refractivity (Wildman–Crippen MR) is 118 cm³/mol. The minimum Gasteiger partial charge on any atom is -0.332 e. The molecule has 3 aromatic rings. The number of hydrogen-bond acceptors (Lipinski definition) is 5. The summed E-state index contributed by atoms with van der Waals surface area (Å²) < 4.78 is 40.7. The standard InChI is InChI=1S/C22H24FN5O3S/c1-14-20(24-26-28(14)18-8-6-17(23)7-9-18)15-5-10-19-16(11-15)12-27(21(19)29)13-22(2,3)25-32(4,30)31/h5-11,25H,12-13H2,1-4H3. The van der Waals surface area contributed by atoms with Crippen LogP contribution in [0.2, 0.25) is 0 Å². The average Bonchev–Trinajstić information content (AvgIpc) is 3.20. The van der Waals surface area contributed by atoms with E-state index in [1.165, 1.54) is 12.1 Å². The van der Waals surface area contributed by atoms with Crippen molar-refractivity contribution < 1.29 is 17.6 Å². The van der Waals surface area contributed by atoms with E-state index in [0.29, 0.717) is 23.5 Å². The molecule has 0 aliphatic carbocycles. The molecule has 1 N–H and O–H groups in total. The summed E-state index contributed by atoms with van der Waals surface area (Å²) in [6.45, 7) is 5.98. The molecule has 0 unspecified atom stereocenters. The molecule has 0 saturated heterocycles. The highest BCUT2D eigenvalue weighted by Gasteiger charge is 2.33. The monoisotopic (exact) mass is 457 g/mol. The first-order chi connectivity index (χ1) is 14.9. The average molecular weight is 458 g/mol. The largest absolute Gasteiger partial charge is 0.332 e. The molecular weight excluding hydrogens is 433 g/mol. The van der Waals surface area contributed by atoms with Crippen LogP contribution in [0.15, 0.2) is 42.5 Å². The molecule has 2 heterocycles. The molecule has 10 heteroatoms. The number of hydrogen-bond donors (Lipinski definition) is 1. The van der Waals surface area contributed by atoms with Crippen LogP contribution in [0.1, 0.15) is 35.5 Å². The smallest absolute Gasteiger partial charge is 0.254 e. The molecule has 1 aliphatic heterocycles. The van der Waals surface area contributed by atoms with Gasteiger partial charge in [-0.2, -0.15) is 0 Å². The Morgan fingerprint density at radius 2 is 1.84 bits per heavy atom. The molecule has 1 aliphatic rings. The highest BCUT2D eigenvalue weighted by atomic mass is 32.2. The lowest BCUT2D eigenvalue weighted by Crippen LogP contribution is -2.51. The number of carbonyl (C=O) groups excluding carboxylic acids is 1. The van der Waals surface area contributed by atoms with Crippen molar-refractivity contribution in [2.24, 2.45) is 0 Å². The first-order valence-corrected chi connectivity index (χ1v) is 11.9. The number of amides is 1. The fraction of sp³-hybridized carbons (Fsp3) is 0.318. The zero-order valence-corrected chi connectivity index (χ0v) is 19.1. The molecule has 0 atom stereocenters. The van der Waals surface area contributed by atoms with Gasteiger partial charge in [-0.3, -0.25) is 4.79 Å². The Morgan fingerprint density at radius 3 is 2.50 bits per heavy atom. The van der Waals surface area contributed by atoms with Crippen LogP contribution in [0, 0.1) is 12.7 Å². The number of aromatic nitrogens is 3. The van der Waals surface area contributed by atoms with E-state index in [4.69, 9.17) is 0 Å². The number of sulfonamides is 1. The van der Waals surface area contributed by atoms with Gasteiger partial charge in [0, 0.05) is 29.8 Å². The first-order valence-electron chi connectivity index (χ1n) is 10.0. The molecule has 0 radical (unpaired) electrons. The van der Waals surface area contributed by atoms with Gasteiger partial charge in [-0.1, -0.05) is 11.3 Å². The lowest BCUT2D eigenvalue weighted by atomic mass is 10.0. The minimum absolute atomic E-state index is 0.137. The van der Waals surface area contributed by atoms with Crippen molar-refractivity contribution in [2.45, 2.75) is 32.9 Å². The summed E-state index contributed by atoms with van der Waals surface area (Å²) in [6.07, 6.45) is 1.10. The summed E-state index contributed by atoms with van der Waals surface area (Å²) in [5, 5.41) is 8.49. The highest BCUT2D eigenvalue weighted by Crippen LogP contribution is 2.30. The van der Waals surface area contributed by atoms with E-state index < -0.39 is 15.6 Å². The molecule has 32 heavy (non-hydrogen) atoms. The fourth-order valence-corrected chi connectivity index (χ4v) is 5.16. The summed E-state index contributed by atoms with van der Waals surface area (Å²) >= 11 is 0. The number of halogens is 1. The molecule has 0 fully saturated rings. The quantitative estimate of drug-likeness (QED) is 0.614. The zero-order chi connectivity index (χ0) is 23.3. The molecule has 1 amide bonds. The van der Waals surface area contributed by atoms with Gasteiger partial charge in [0.25, 0.3) is 5.91 Å². The number of fused-ring (bicyclic) bond motifs is 1. The molecule has 0 spiro atoms. The molecular formula is C22H24FN5O3S. The summed E-state index contributed by atoms with van der Waals surface area (Å²) in [5.41, 5.74) is 3.61. The normalized spacial score (nSPS) is 14.2. The minimum atomic E-state index is -3.41. The van der Waals surface area contributed by atoms with E-state index in [2.05, 4.69) is 15.0 Å². The summed E-state index contributed by atoms with van der Waals surface area (Å²) in [4.78, 5) is 14.5. The van der Waals surface area contributed by atoms with Crippen molar-refractivity contribution in [1.82, 2.24) is 24.6 Å². The van der Waals surface area contributed by atoms with Crippen LogP contribution in [-0.4, -0.2) is 52.6 Å². The number of rotatable bonds is 6. The van der Waals surface area contributed by atoms with Gasteiger partial charge >= 0.3 is 0 Å². The van der Waals surface area contributed by atoms with E-state index in [1.807, 2.05) is 19.1 Å². The van der Waals surface area contributed by atoms with Crippen LogP contribution >= 0.6 is 0 Å². The second kappa shape index (κ2) is 7.79. The molecule has 0 bridgehead atoms. The SMILES string of the molecule is Cc1c(-c2ccc3c(c2)CN(CC(C)(C)NS(C)(=O)=O)C3=O)nnn1-c1ccc(F)cc1. The van der Waals surface area contributed by atoms with Crippen molar-refractivity contribution in [2.75, 3.05) is 12.8 Å². The second-order valence-electron chi connectivity index (χ2n) is 8.70. The molecule has 0 saturated carbocycles. The summed E-state index contributed by atoms with van der Waals surface area (Å²) in [7, 11) is -3.41. The Kier molecular flexibility index (Phi) is 5.38. The number of benzene rings is 2. The van der Waals surface area contributed by atoms with Gasteiger partial charge < -0.3 is 4.90 Å². The number of nitrogens with one attached hydrogen (secondary N) is 1. The van der Waals surface area contributed by atoms with Crippen LogP contribution in [-0.2, 0) is 16.6 Å². The maximum atomic E-state index is 13.2. The predicted octanol–water partition coefficient (Wildman–Crippen LogP) is 2.67. The summed E-state index contributed by atoms with van der Waals surface area (Å²) in [5.74, 6) is -0.462. The molecule has 4 rings (SSSR count). The van der Waals surface area contributed by atoms with Crippen LogP contribution in [0.3, 0.4) is 0 Å². The van der Waals surface area contributed by atoms with Crippen molar-refractivity contribution in [1.29, 1.82) is 0 Å². The summed E-state index contributed by atoms with van der Waals surface area (Å²) in [6, 6.07) is 11.5. The maximum Gasteiger partial charge on any atom is 0.254 e. The van der Waals surface area contributed by atoms with Crippen LogP contribution in [0.25, 0.3) is 16.9 Å². The Labute approximate surface area is 186 Å². The molecule has 2 aromatic carbocycles. The van der Waals surface area contributed by atoms with E-state index in [1.54, 1.807) is 41.6 Å². The van der Waals surface area contributed by atoms with Crippen molar-refractivity contribution in [3.05, 3.63) is 65.1 Å². The number of carbonyl (C=O) groups is 1. The third-order valence-electron chi connectivity index (χ3n) is 5.27. The first kappa shape index (κ1) is 22.1. The van der Waals surface area contributed by atoms with Gasteiger partial charge in [0.15, 0.2) is 0 Å². The van der Waals surface area contributed by atoms with E-state index in [0.717, 1.165) is 23.1 Å². The molecule has 8 nitrogen and oxygen atoms in total. The molecule has 168 valence electrons. The zero-order valence-electron chi connectivity index (χ0n) is 18.3. The Hall–Kier alpha value is -3.11. The number of nitrogens with zero attached hydrogens (tertiary/aromatic N) is 4. The fourth-order valence-electron chi connectivity index (χ4n) is 4.09. The van der Waals surface area contributed by atoms with Gasteiger partial charge in [-0.05, 0) is 62.7 Å². The second-order valence-corrected chi connectivity index (χ2v) is 10.5. The maximum absolute atomic E-state index is 13.2. The Bertz CT molecular complexity index is 1300. The van der Waals surface area contributed by atoms with Crippen LogP contribution in [0.5, 0.6) is 0 Å². The van der Waals surface area contributed by atoms with E-state index >= 15 is 0 Å². The molecule has 1 aromatic heterocycles. The van der Waals surface area contributed by atoms with Crippen molar-refractivity contribution in [3.8, 4) is 16.9 Å². The topological polar surface area (TPSA) is 97.2 Å². The van der Waals surface area contributed by atoms with Gasteiger partial charge in [-0.25, -0.2) is 22.2 Å². The van der Waals surface area contributed by atoms with Gasteiger partial charge in [0.2, 0.25) is 10.0 Å². The Balaban J connectivity index is 1.59. The third-order valence-corrected chi connectivity index (χ3v) is 6.19. The lowest BCUT2D eigenvalue weighted by molar-refractivity contribution is 0.0742. The third kappa shape index (κ3) is 4.42. The van der Waals surface area contributed by atoms with Crippen molar-refractivity contribution in [3.63, 3.8) is 0 Å². The Morgan fingerprint density at radius 1 is 1.16 bits per heavy atom.